The van der Waals surface area contributed by atoms with E-state index in [0.29, 0.717) is 18.5 Å². The average Bonchev–Trinajstić information content (AvgIpc) is 3.16. The summed E-state index contributed by atoms with van der Waals surface area (Å²) in [5, 5.41) is 0. The zero-order valence-corrected chi connectivity index (χ0v) is 15.0. The van der Waals surface area contributed by atoms with Gasteiger partial charge in [0.25, 0.3) is 0 Å². The molecule has 0 bridgehead atoms. The summed E-state index contributed by atoms with van der Waals surface area (Å²) in [6.07, 6.45) is 8.04. The molecule has 1 amide bonds. The van der Waals surface area contributed by atoms with Crippen LogP contribution >= 0.6 is 0 Å². The van der Waals surface area contributed by atoms with Gasteiger partial charge in [-0.15, -0.1) is 0 Å². The molecule has 4 heteroatoms. The highest BCUT2D eigenvalue weighted by Crippen LogP contribution is 2.29. The fourth-order valence-corrected chi connectivity index (χ4v) is 4.27. The number of carbonyl (C=O) groups excluding carboxylic acids is 1. The lowest BCUT2D eigenvalue weighted by molar-refractivity contribution is -0.133. The zero-order valence-electron chi connectivity index (χ0n) is 15.0. The monoisotopic (exact) mass is 330 g/mol. The van der Waals surface area contributed by atoms with Crippen LogP contribution < -0.4 is 4.74 Å². The number of likely N-dealkylation sites (N-methyl/N-ethyl adjacent to an activating group) is 1. The third kappa shape index (κ3) is 3.92. The van der Waals surface area contributed by atoms with Crippen LogP contribution in [0, 0.1) is 0 Å². The van der Waals surface area contributed by atoms with E-state index in [-0.39, 0.29) is 5.91 Å². The molecule has 132 valence electrons. The molecule has 0 aromatic heterocycles. The Hall–Kier alpha value is -1.55. The summed E-state index contributed by atoms with van der Waals surface area (Å²) < 4.78 is 5.19. The third-order valence-corrected chi connectivity index (χ3v) is 5.71. The Labute approximate surface area is 145 Å². The number of ether oxygens (including phenoxy) is 1. The van der Waals surface area contributed by atoms with Gasteiger partial charge in [-0.2, -0.15) is 0 Å². The van der Waals surface area contributed by atoms with Crippen LogP contribution in [-0.4, -0.2) is 55.0 Å². The van der Waals surface area contributed by atoms with Crippen molar-refractivity contribution in [1.29, 1.82) is 0 Å². The maximum Gasteiger partial charge on any atom is 0.227 e. The van der Waals surface area contributed by atoms with Gasteiger partial charge in [0.1, 0.15) is 5.75 Å². The summed E-state index contributed by atoms with van der Waals surface area (Å²) in [4.78, 5) is 17.5. The average molecular weight is 330 g/mol. The summed E-state index contributed by atoms with van der Waals surface area (Å²) in [6, 6.07) is 8.77. The van der Waals surface area contributed by atoms with Crippen LogP contribution in [0.25, 0.3) is 0 Å². The van der Waals surface area contributed by atoms with E-state index in [1.165, 1.54) is 45.2 Å². The Morgan fingerprint density at radius 1 is 1.12 bits per heavy atom. The second-order valence-electron chi connectivity index (χ2n) is 7.19. The van der Waals surface area contributed by atoms with Crippen LogP contribution in [0.5, 0.6) is 5.75 Å². The van der Waals surface area contributed by atoms with Gasteiger partial charge >= 0.3 is 0 Å². The molecule has 0 radical (unpaired) electrons. The molecule has 1 aliphatic carbocycles. The Kier molecular flexibility index (Phi) is 5.77. The molecule has 4 nitrogen and oxygen atoms in total. The second kappa shape index (κ2) is 8.02. The number of benzene rings is 1. The highest BCUT2D eigenvalue weighted by Gasteiger charge is 2.35. The predicted octanol–water partition coefficient (Wildman–Crippen LogP) is 3.10. The van der Waals surface area contributed by atoms with Crippen LogP contribution in [0.1, 0.15) is 44.1 Å². The number of hydrogen-bond donors (Lipinski definition) is 0. The van der Waals surface area contributed by atoms with Crippen molar-refractivity contribution in [3.63, 3.8) is 0 Å². The fraction of sp³-hybridized carbons (Fsp3) is 0.650. The van der Waals surface area contributed by atoms with Crippen LogP contribution in [0.2, 0.25) is 0 Å². The highest BCUT2D eigenvalue weighted by molar-refractivity contribution is 5.79. The lowest BCUT2D eigenvalue weighted by Crippen LogP contribution is -2.53. The van der Waals surface area contributed by atoms with Crippen molar-refractivity contribution in [2.75, 3.05) is 27.2 Å². The molecule has 1 aliphatic heterocycles. The highest BCUT2D eigenvalue weighted by atomic mass is 16.5. The molecule has 0 unspecified atom stereocenters. The third-order valence-electron chi connectivity index (χ3n) is 5.71. The van der Waals surface area contributed by atoms with E-state index < -0.39 is 0 Å². The first-order chi connectivity index (χ1) is 11.7. The molecule has 2 fully saturated rings. The van der Waals surface area contributed by atoms with E-state index in [0.717, 1.165) is 17.7 Å². The molecule has 2 aliphatic rings. The molecule has 1 saturated carbocycles. The number of amides is 1. The van der Waals surface area contributed by atoms with Crippen molar-refractivity contribution in [2.24, 2.45) is 0 Å². The first-order valence-corrected chi connectivity index (χ1v) is 9.31. The second-order valence-corrected chi connectivity index (χ2v) is 7.19. The Morgan fingerprint density at radius 3 is 2.46 bits per heavy atom. The topological polar surface area (TPSA) is 32.8 Å². The quantitative estimate of drug-likeness (QED) is 0.832. The molecule has 0 spiro atoms. The van der Waals surface area contributed by atoms with Crippen LogP contribution in [0.4, 0.5) is 0 Å². The molecule has 24 heavy (non-hydrogen) atoms. The molecule has 1 saturated heterocycles. The minimum atomic E-state index is 0.233. The summed E-state index contributed by atoms with van der Waals surface area (Å²) in [5.41, 5.74) is 1.06. The number of hydrogen-bond acceptors (Lipinski definition) is 3. The van der Waals surface area contributed by atoms with E-state index >= 15 is 0 Å². The number of rotatable bonds is 5. The van der Waals surface area contributed by atoms with E-state index in [1.54, 1.807) is 7.11 Å². The van der Waals surface area contributed by atoms with Crippen molar-refractivity contribution in [2.45, 2.75) is 57.0 Å². The molecule has 0 N–H and O–H groups in total. The first-order valence-electron chi connectivity index (χ1n) is 9.31. The largest absolute Gasteiger partial charge is 0.497 e. The predicted molar refractivity (Wildman–Crippen MR) is 96.3 cm³/mol. The van der Waals surface area contributed by atoms with Gasteiger partial charge in [-0.05, 0) is 56.5 Å². The van der Waals surface area contributed by atoms with Gasteiger partial charge in [0.05, 0.1) is 13.5 Å². The number of carbonyl (C=O) groups is 1. The minimum Gasteiger partial charge on any atom is -0.497 e. The lowest BCUT2D eigenvalue weighted by atomic mass is 9.88. The Balaban J connectivity index is 1.63. The standard InChI is InChI=1S/C20H30N2O2/c1-21(20(23)15-16-9-11-17(24-2)12-10-16)18-7-3-4-8-19(18)22-13-5-6-14-22/h9-12,18-19H,3-8,13-15H2,1-2H3/t18-,19+/m1/s1. The lowest BCUT2D eigenvalue weighted by Gasteiger charge is -2.42. The van der Waals surface area contributed by atoms with Gasteiger partial charge in [-0.25, -0.2) is 0 Å². The molecular weight excluding hydrogens is 300 g/mol. The molecule has 3 rings (SSSR count). The number of likely N-dealkylation sites (tertiary alicyclic amines) is 1. The summed E-state index contributed by atoms with van der Waals surface area (Å²) in [7, 11) is 3.67. The normalized spacial score (nSPS) is 24.8. The van der Waals surface area contributed by atoms with Crippen molar-refractivity contribution >= 4 is 5.91 Å². The van der Waals surface area contributed by atoms with Crippen molar-refractivity contribution in [3.05, 3.63) is 29.8 Å². The van der Waals surface area contributed by atoms with Gasteiger partial charge in [-0.3, -0.25) is 9.69 Å². The zero-order chi connectivity index (χ0) is 16.9. The van der Waals surface area contributed by atoms with E-state index in [2.05, 4.69) is 4.90 Å². The van der Waals surface area contributed by atoms with Gasteiger partial charge in [0, 0.05) is 19.1 Å². The van der Waals surface area contributed by atoms with Crippen LogP contribution in [0.15, 0.2) is 24.3 Å². The Morgan fingerprint density at radius 2 is 1.79 bits per heavy atom. The summed E-state index contributed by atoms with van der Waals surface area (Å²) in [6.45, 7) is 2.42. The van der Waals surface area contributed by atoms with Crippen LogP contribution in [0.3, 0.4) is 0 Å². The minimum absolute atomic E-state index is 0.233. The molecule has 1 aromatic rings. The van der Waals surface area contributed by atoms with Crippen LogP contribution in [-0.2, 0) is 11.2 Å². The molecule has 1 aromatic carbocycles. The van der Waals surface area contributed by atoms with Crippen molar-refractivity contribution in [1.82, 2.24) is 9.80 Å². The Bertz CT molecular complexity index is 537. The van der Waals surface area contributed by atoms with Gasteiger partial charge in [-0.1, -0.05) is 25.0 Å². The molecular formula is C20H30N2O2. The summed E-state index contributed by atoms with van der Waals surface area (Å²) in [5.74, 6) is 1.07. The number of nitrogens with zero attached hydrogens (tertiary/aromatic N) is 2. The van der Waals surface area contributed by atoms with Crippen molar-refractivity contribution in [3.8, 4) is 5.75 Å². The van der Waals surface area contributed by atoms with E-state index in [1.807, 2.05) is 36.2 Å². The van der Waals surface area contributed by atoms with E-state index in [9.17, 15) is 4.79 Å². The first kappa shape index (κ1) is 17.3. The maximum atomic E-state index is 12.8. The maximum absolute atomic E-state index is 12.8. The smallest absolute Gasteiger partial charge is 0.227 e. The number of methoxy groups -OCH3 is 1. The molecule has 2 atom stereocenters. The van der Waals surface area contributed by atoms with Crippen molar-refractivity contribution < 1.29 is 9.53 Å². The van der Waals surface area contributed by atoms with Gasteiger partial charge < -0.3 is 9.64 Å². The van der Waals surface area contributed by atoms with Gasteiger partial charge in [0.2, 0.25) is 5.91 Å². The van der Waals surface area contributed by atoms with E-state index in [4.69, 9.17) is 4.74 Å². The van der Waals surface area contributed by atoms with Gasteiger partial charge in [0.15, 0.2) is 0 Å². The molecule has 1 heterocycles. The summed E-state index contributed by atoms with van der Waals surface area (Å²) >= 11 is 0. The fourth-order valence-electron chi connectivity index (χ4n) is 4.27. The SMILES string of the molecule is COc1ccc(CC(=O)N(C)[C@@H]2CCCC[C@@H]2N2CCCC2)cc1.